The Labute approximate surface area is 118 Å². The second-order valence-corrected chi connectivity index (χ2v) is 6.36. The van der Waals surface area contributed by atoms with Crippen molar-refractivity contribution in [2.45, 2.75) is 45.3 Å². The van der Waals surface area contributed by atoms with Crippen molar-refractivity contribution in [3.8, 4) is 11.5 Å². The highest BCUT2D eigenvalue weighted by molar-refractivity contribution is 6.01. The molecule has 1 aliphatic heterocycles. The maximum atomic E-state index is 12.1. The summed E-state index contributed by atoms with van der Waals surface area (Å²) in [5, 5.41) is 19.5. The maximum Gasteiger partial charge on any atom is 0.170 e. The zero-order valence-corrected chi connectivity index (χ0v) is 12.2. The van der Waals surface area contributed by atoms with Gasteiger partial charge in [0.1, 0.15) is 17.1 Å². The Morgan fingerprint density at radius 1 is 1.35 bits per heavy atom. The van der Waals surface area contributed by atoms with Crippen molar-refractivity contribution in [2.24, 2.45) is 0 Å². The number of aliphatic hydroxyl groups is 1. The first-order chi connectivity index (χ1) is 9.07. The van der Waals surface area contributed by atoms with Gasteiger partial charge in [0.2, 0.25) is 0 Å². The highest BCUT2D eigenvalue weighted by atomic mass is 16.5. The van der Waals surface area contributed by atoms with E-state index in [1.54, 1.807) is 26.0 Å². The van der Waals surface area contributed by atoms with E-state index in [0.717, 1.165) is 0 Å². The van der Waals surface area contributed by atoms with Gasteiger partial charge in [0.25, 0.3) is 0 Å². The minimum absolute atomic E-state index is 0.0100. The van der Waals surface area contributed by atoms with E-state index < -0.39 is 11.2 Å². The first-order valence-electron chi connectivity index (χ1n) is 6.58. The van der Waals surface area contributed by atoms with Crippen LogP contribution in [0.4, 0.5) is 0 Å². The van der Waals surface area contributed by atoms with Gasteiger partial charge in [-0.2, -0.15) is 0 Å². The maximum absolute atomic E-state index is 12.1. The van der Waals surface area contributed by atoms with E-state index >= 15 is 0 Å². The lowest BCUT2D eigenvalue weighted by molar-refractivity contribution is 0.0617. The van der Waals surface area contributed by atoms with Gasteiger partial charge in [-0.15, -0.1) is 0 Å². The molecule has 1 aromatic carbocycles. The number of fused-ring (bicyclic) bond motifs is 1. The number of hydrogen-bond donors (Lipinski definition) is 2. The number of hydrogen-bond acceptors (Lipinski definition) is 4. The first-order valence-corrected chi connectivity index (χ1v) is 6.58. The van der Waals surface area contributed by atoms with Crippen molar-refractivity contribution >= 4 is 11.9 Å². The summed E-state index contributed by atoms with van der Waals surface area (Å²) in [6.07, 6.45) is 3.53. The number of ether oxygens (including phenoxy) is 1. The topological polar surface area (TPSA) is 66.8 Å². The number of ketones is 1. The molecule has 2 N–H and O–H groups in total. The van der Waals surface area contributed by atoms with Crippen LogP contribution in [0.1, 0.15) is 50.0 Å². The van der Waals surface area contributed by atoms with Crippen LogP contribution < -0.4 is 4.74 Å². The summed E-state index contributed by atoms with van der Waals surface area (Å²) in [5.74, 6) is 0.422. The Morgan fingerprint density at radius 3 is 2.60 bits per heavy atom. The van der Waals surface area contributed by atoms with Gasteiger partial charge in [-0.25, -0.2) is 0 Å². The summed E-state index contributed by atoms with van der Waals surface area (Å²) >= 11 is 0. The van der Waals surface area contributed by atoms with Crippen LogP contribution in [-0.2, 0) is 0 Å². The predicted octanol–water partition coefficient (Wildman–Crippen LogP) is 2.92. The molecule has 2 rings (SSSR count). The highest BCUT2D eigenvalue weighted by Crippen LogP contribution is 2.39. The second kappa shape index (κ2) is 4.63. The molecule has 0 unspecified atom stereocenters. The third-order valence-corrected chi connectivity index (χ3v) is 3.04. The molecule has 20 heavy (non-hydrogen) atoms. The number of benzene rings is 1. The molecule has 0 saturated heterocycles. The van der Waals surface area contributed by atoms with Gasteiger partial charge in [0, 0.05) is 5.56 Å². The van der Waals surface area contributed by atoms with Crippen LogP contribution in [-0.4, -0.2) is 27.2 Å². The Bertz CT molecular complexity index is 577. The molecule has 0 bridgehead atoms. The molecule has 1 aromatic rings. The van der Waals surface area contributed by atoms with E-state index in [1.807, 2.05) is 13.8 Å². The van der Waals surface area contributed by atoms with E-state index in [4.69, 9.17) is 4.74 Å². The molecule has 0 aromatic heterocycles. The second-order valence-electron chi connectivity index (χ2n) is 6.36. The fraction of sp³-hybridized carbons (Fsp3) is 0.438. The van der Waals surface area contributed by atoms with E-state index in [0.29, 0.717) is 16.9 Å². The molecule has 0 aliphatic carbocycles. The molecule has 4 heteroatoms. The largest absolute Gasteiger partial charge is 0.508 e. The van der Waals surface area contributed by atoms with Gasteiger partial charge in [-0.1, -0.05) is 12.2 Å². The van der Waals surface area contributed by atoms with Crippen molar-refractivity contribution in [1.29, 1.82) is 0 Å². The molecule has 0 spiro atoms. The van der Waals surface area contributed by atoms with Crippen LogP contribution in [0, 0.1) is 0 Å². The number of phenols is 1. The van der Waals surface area contributed by atoms with Gasteiger partial charge in [-0.3, -0.25) is 4.79 Å². The smallest absolute Gasteiger partial charge is 0.170 e. The summed E-state index contributed by atoms with van der Waals surface area (Å²) in [6.45, 7) is 7.00. The van der Waals surface area contributed by atoms with Crippen molar-refractivity contribution in [2.75, 3.05) is 0 Å². The van der Waals surface area contributed by atoms with Crippen LogP contribution in [0.5, 0.6) is 11.5 Å². The van der Waals surface area contributed by atoms with Gasteiger partial charge >= 0.3 is 0 Å². The van der Waals surface area contributed by atoms with Crippen LogP contribution in [0.3, 0.4) is 0 Å². The van der Waals surface area contributed by atoms with Gasteiger partial charge in [0.15, 0.2) is 5.78 Å². The highest BCUT2D eigenvalue weighted by Gasteiger charge is 2.34. The molecule has 1 heterocycles. The predicted molar refractivity (Wildman–Crippen MR) is 77.1 cm³/mol. The SMILES string of the molecule is CC(C)(O)C=Cc1cc(O)cc2c1OC(C)(C)CC2=O. The Kier molecular flexibility index (Phi) is 3.38. The van der Waals surface area contributed by atoms with E-state index in [1.165, 1.54) is 12.1 Å². The third kappa shape index (κ3) is 3.20. The number of carbonyl (C=O) groups excluding carboxylic acids is 1. The molecular formula is C16H20O4. The molecule has 0 fully saturated rings. The van der Waals surface area contributed by atoms with Crippen LogP contribution >= 0.6 is 0 Å². The lowest BCUT2D eigenvalue weighted by atomic mass is 9.91. The van der Waals surface area contributed by atoms with Gasteiger partial charge in [0.05, 0.1) is 17.6 Å². The molecule has 0 atom stereocenters. The average Bonchev–Trinajstić information content (AvgIpc) is 2.25. The Balaban J connectivity index is 2.54. The van der Waals surface area contributed by atoms with E-state index in [9.17, 15) is 15.0 Å². The molecule has 1 aliphatic rings. The minimum atomic E-state index is -0.980. The normalized spacial score (nSPS) is 17.9. The van der Waals surface area contributed by atoms with Crippen molar-refractivity contribution in [3.05, 3.63) is 29.3 Å². The summed E-state index contributed by atoms with van der Waals surface area (Å²) in [7, 11) is 0. The number of Topliss-reactive ketones (excluding diaryl/α,β-unsaturated/α-hetero) is 1. The van der Waals surface area contributed by atoms with Gasteiger partial charge in [-0.05, 0) is 39.8 Å². The van der Waals surface area contributed by atoms with Crippen LogP contribution in [0.15, 0.2) is 18.2 Å². The number of aromatic hydroxyl groups is 1. The van der Waals surface area contributed by atoms with Gasteiger partial charge < -0.3 is 14.9 Å². The molecule has 108 valence electrons. The summed E-state index contributed by atoms with van der Waals surface area (Å²) in [5.41, 5.74) is -0.576. The molecule has 0 amide bonds. The first kappa shape index (κ1) is 14.6. The zero-order chi connectivity index (χ0) is 15.1. The summed E-state index contributed by atoms with van der Waals surface area (Å²) < 4.78 is 5.88. The number of carbonyl (C=O) groups is 1. The average molecular weight is 276 g/mol. The standard InChI is InChI=1S/C16H20O4/c1-15(2,19)6-5-10-7-11(17)8-12-13(18)9-16(3,4)20-14(10)12/h5-8,17,19H,9H2,1-4H3. The Morgan fingerprint density at radius 2 is 2.00 bits per heavy atom. The third-order valence-electron chi connectivity index (χ3n) is 3.04. The number of phenolic OH excluding ortho intramolecular Hbond substituents is 1. The lowest BCUT2D eigenvalue weighted by Gasteiger charge is -2.32. The molecule has 0 saturated carbocycles. The summed E-state index contributed by atoms with van der Waals surface area (Å²) in [6, 6.07) is 2.95. The molecule has 0 radical (unpaired) electrons. The fourth-order valence-electron chi connectivity index (χ4n) is 2.17. The quantitative estimate of drug-likeness (QED) is 0.871. The Hall–Kier alpha value is -1.81. The van der Waals surface area contributed by atoms with Crippen LogP contribution in [0.2, 0.25) is 0 Å². The molecule has 4 nitrogen and oxygen atoms in total. The lowest BCUT2D eigenvalue weighted by Crippen LogP contribution is -2.36. The fourth-order valence-corrected chi connectivity index (χ4v) is 2.17. The van der Waals surface area contributed by atoms with Crippen molar-refractivity contribution in [3.63, 3.8) is 0 Å². The summed E-state index contributed by atoms with van der Waals surface area (Å²) in [4.78, 5) is 12.1. The minimum Gasteiger partial charge on any atom is -0.508 e. The zero-order valence-electron chi connectivity index (χ0n) is 12.2. The number of rotatable bonds is 2. The van der Waals surface area contributed by atoms with Crippen molar-refractivity contribution < 1.29 is 19.7 Å². The van der Waals surface area contributed by atoms with Crippen molar-refractivity contribution in [1.82, 2.24) is 0 Å². The molecular weight excluding hydrogens is 256 g/mol. The van der Waals surface area contributed by atoms with E-state index in [-0.39, 0.29) is 18.0 Å². The van der Waals surface area contributed by atoms with Crippen LogP contribution in [0.25, 0.3) is 6.08 Å². The monoisotopic (exact) mass is 276 g/mol. The van der Waals surface area contributed by atoms with E-state index in [2.05, 4.69) is 0 Å².